The molecule has 2 rings (SSSR count). The summed E-state index contributed by atoms with van der Waals surface area (Å²) in [6.45, 7) is 4.78. The van der Waals surface area contributed by atoms with Crippen molar-refractivity contribution in [2.45, 2.75) is 20.3 Å². The second-order valence-corrected chi connectivity index (χ2v) is 6.62. The van der Waals surface area contributed by atoms with Crippen molar-refractivity contribution in [1.82, 2.24) is 0 Å². The fourth-order valence-corrected chi connectivity index (χ4v) is 2.82. The van der Waals surface area contributed by atoms with Gasteiger partial charge in [-0.05, 0) is 43.2 Å². The number of ether oxygens (including phenoxy) is 1. The molecule has 0 atom stereocenters. The van der Waals surface area contributed by atoms with Crippen LogP contribution in [0.4, 0.5) is 5.69 Å². The van der Waals surface area contributed by atoms with Crippen LogP contribution in [0.15, 0.2) is 48.5 Å². The van der Waals surface area contributed by atoms with Crippen molar-refractivity contribution >= 4 is 23.4 Å². The maximum Gasteiger partial charge on any atom is 0.225 e. The summed E-state index contributed by atoms with van der Waals surface area (Å²) < 4.78 is 5.80. The fourth-order valence-electron chi connectivity index (χ4n) is 2.09. The number of hydrogen-bond acceptors (Lipinski definition) is 3. The Bertz CT molecular complexity index is 629. The molecule has 0 heterocycles. The molecule has 0 saturated carbocycles. The van der Waals surface area contributed by atoms with Crippen molar-refractivity contribution in [3.63, 3.8) is 0 Å². The third-order valence-corrected chi connectivity index (χ3v) is 4.31. The van der Waals surface area contributed by atoms with Crippen LogP contribution in [0.25, 0.3) is 0 Å². The smallest absolute Gasteiger partial charge is 0.225 e. The number of amides is 1. The van der Waals surface area contributed by atoms with E-state index in [9.17, 15) is 4.79 Å². The summed E-state index contributed by atoms with van der Waals surface area (Å²) in [6, 6.07) is 15.8. The summed E-state index contributed by atoms with van der Waals surface area (Å²) in [4.78, 5) is 11.8. The highest BCUT2D eigenvalue weighted by Gasteiger charge is 2.03. The molecule has 0 aliphatic carbocycles. The number of hydrogen-bond donors (Lipinski definition) is 1. The lowest BCUT2D eigenvalue weighted by Crippen LogP contribution is -2.12. The number of benzene rings is 2. The van der Waals surface area contributed by atoms with Gasteiger partial charge in [0, 0.05) is 23.6 Å². The largest absolute Gasteiger partial charge is 0.492 e. The maximum absolute atomic E-state index is 11.8. The molecule has 2 aromatic rings. The van der Waals surface area contributed by atoms with Gasteiger partial charge in [-0.25, -0.2) is 0 Å². The molecule has 0 fully saturated rings. The van der Waals surface area contributed by atoms with E-state index in [1.807, 2.05) is 30.3 Å². The summed E-state index contributed by atoms with van der Waals surface area (Å²) in [5.74, 6) is 2.69. The molecule has 0 bridgehead atoms. The van der Waals surface area contributed by atoms with Gasteiger partial charge in [0.1, 0.15) is 5.75 Å². The molecule has 122 valence electrons. The zero-order valence-corrected chi connectivity index (χ0v) is 14.5. The van der Waals surface area contributed by atoms with Crippen LogP contribution < -0.4 is 10.1 Å². The van der Waals surface area contributed by atoms with E-state index in [4.69, 9.17) is 4.74 Å². The zero-order valence-electron chi connectivity index (χ0n) is 13.7. The second kappa shape index (κ2) is 9.26. The van der Waals surface area contributed by atoms with Gasteiger partial charge in [0.2, 0.25) is 5.91 Å². The van der Waals surface area contributed by atoms with E-state index in [1.54, 1.807) is 11.8 Å². The minimum absolute atomic E-state index is 0.0548. The van der Waals surface area contributed by atoms with E-state index < -0.39 is 0 Å². The van der Waals surface area contributed by atoms with Crippen molar-refractivity contribution in [1.29, 1.82) is 0 Å². The minimum Gasteiger partial charge on any atom is -0.492 e. The Balaban J connectivity index is 1.59. The van der Waals surface area contributed by atoms with Gasteiger partial charge >= 0.3 is 0 Å². The van der Waals surface area contributed by atoms with Crippen molar-refractivity contribution in [3.8, 4) is 5.75 Å². The van der Waals surface area contributed by atoms with E-state index in [-0.39, 0.29) is 5.91 Å². The molecule has 0 aromatic heterocycles. The van der Waals surface area contributed by atoms with Crippen LogP contribution >= 0.6 is 11.8 Å². The molecule has 23 heavy (non-hydrogen) atoms. The first-order chi connectivity index (χ1) is 11.1. The molecule has 3 nitrogen and oxygen atoms in total. The predicted molar refractivity (Wildman–Crippen MR) is 98.4 cm³/mol. The zero-order chi connectivity index (χ0) is 16.5. The van der Waals surface area contributed by atoms with Gasteiger partial charge < -0.3 is 10.1 Å². The van der Waals surface area contributed by atoms with Gasteiger partial charge in [0.25, 0.3) is 0 Å². The molecular formula is C19H23NO2S. The Morgan fingerprint density at radius 2 is 1.87 bits per heavy atom. The minimum atomic E-state index is 0.0548. The maximum atomic E-state index is 11.8. The van der Waals surface area contributed by atoms with Crippen molar-refractivity contribution in [2.24, 2.45) is 0 Å². The number of thioether (sulfide) groups is 1. The molecule has 0 radical (unpaired) electrons. The first-order valence-electron chi connectivity index (χ1n) is 7.78. The highest BCUT2D eigenvalue weighted by molar-refractivity contribution is 7.99. The van der Waals surface area contributed by atoms with Crippen molar-refractivity contribution in [3.05, 3.63) is 59.7 Å². The van der Waals surface area contributed by atoms with Gasteiger partial charge in [-0.1, -0.05) is 30.3 Å². The average molecular weight is 329 g/mol. The number of carbonyl (C=O) groups is 1. The number of aryl methyl sites for hydroxylation is 2. The normalized spacial score (nSPS) is 10.3. The number of rotatable bonds is 8. The van der Waals surface area contributed by atoms with E-state index in [0.29, 0.717) is 13.0 Å². The van der Waals surface area contributed by atoms with Crippen LogP contribution in [-0.2, 0) is 4.79 Å². The Hall–Kier alpha value is -1.94. The molecule has 0 spiro atoms. The summed E-state index contributed by atoms with van der Waals surface area (Å²) in [5, 5.41) is 2.89. The highest BCUT2D eigenvalue weighted by atomic mass is 32.2. The summed E-state index contributed by atoms with van der Waals surface area (Å²) in [5.41, 5.74) is 3.21. The second-order valence-electron chi connectivity index (χ2n) is 5.39. The van der Waals surface area contributed by atoms with Gasteiger partial charge in [-0.3, -0.25) is 4.79 Å². The van der Waals surface area contributed by atoms with Crippen LogP contribution in [0, 0.1) is 13.8 Å². The van der Waals surface area contributed by atoms with Crippen molar-refractivity contribution in [2.75, 3.05) is 23.4 Å². The number of para-hydroxylation sites is 1. The van der Waals surface area contributed by atoms with E-state index in [1.165, 1.54) is 5.56 Å². The third kappa shape index (κ3) is 6.37. The quantitative estimate of drug-likeness (QED) is 0.727. The Kier molecular flexibility index (Phi) is 7.01. The number of carbonyl (C=O) groups excluding carboxylic acids is 1. The van der Waals surface area contributed by atoms with Crippen LogP contribution in [0.5, 0.6) is 5.75 Å². The Labute approximate surface area is 142 Å². The van der Waals surface area contributed by atoms with Gasteiger partial charge in [0.15, 0.2) is 0 Å². The lowest BCUT2D eigenvalue weighted by atomic mass is 10.1. The molecular weight excluding hydrogens is 306 g/mol. The van der Waals surface area contributed by atoms with Crippen molar-refractivity contribution < 1.29 is 9.53 Å². The molecule has 0 aliphatic heterocycles. The molecule has 0 unspecified atom stereocenters. The SMILES string of the molecule is Cc1ccc(C)c(OCCSCCC(=O)Nc2ccccc2)c1. The van der Waals surface area contributed by atoms with E-state index in [2.05, 4.69) is 37.4 Å². The lowest BCUT2D eigenvalue weighted by Gasteiger charge is -2.10. The third-order valence-electron chi connectivity index (χ3n) is 3.36. The molecule has 2 aromatic carbocycles. The predicted octanol–water partition coefficient (Wildman–Crippen LogP) is 4.44. The Morgan fingerprint density at radius 1 is 1.09 bits per heavy atom. The first-order valence-corrected chi connectivity index (χ1v) is 8.93. The summed E-state index contributed by atoms with van der Waals surface area (Å²) in [6.07, 6.45) is 0.517. The molecule has 4 heteroatoms. The van der Waals surface area contributed by atoms with E-state index in [0.717, 1.165) is 28.5 Å². The van der Waals surface area contributed by atoms with Gasteiger partial charge in [0.05, 0.1) is 6.61 Å². The number of nitrogens with one attached hydrogen (secondary N) is 1. The fraction of sp³-hybridized carbons (Fsp3) is 0.316. The molecule has 1 N–H and O–H groups in total. The number of anilines is 1. The highest BCUT2D eigenvalue weighted by Crippen LogP contribution is 2.19. The monoisotopic (exact) mass is 329 g/mol. The summed E-state index contributed by atoms with van der Waals surface area (Å²) in [7, 11) is 0. The topological polar surface area (TPSA) is 38.3 Å². The van der Waals surface area contributed by atoms with E-state index >= 15 is 0 Å². The van der Waals surface area contributed by atoms with Crippen LogP contribution in [0.1, 0.15) is 17.5 Å². The molecule has 0 aliphatic rings. The van der Waals surface area contributed by atoms with Gasteiger partial charge in [-0.2, -0.15) is 11.8 Å². The van der Waals surface area contributed by atoms with Crippen LogP contribution in [0.2, 0.25) is 0 Å². The average Bonchev–Trinajstić information content (AvgIpc) is 2.55. The molecule has 1 amide bonds. The lowest BCUT2D eigenvalue weighted by molar-refractivity contribution is -0.115. The Morgan fingerprint density at radius 3 is 2.65 bits per heavy atom. The molecule has 0 saturated heterocycles. The van der Waals surface area contributed by atoms with Gasteiger partial charge in [-0.15, -0.1) is 0 Å². The first kappa shape index (κ1) is 17.4. The standard InChI is InChI=1S/C19H23NO2S/c1-15-8-9-16(2)18(14-15)22-11-13-23-12-10-19(21)20-17-6-4-3-5-7-17/h3-9,14H,10-13H2,1-2H3,(H,20,21). The summed E-state index contributed by atoms with van der Waals surface area (Å²) >= 11 is 1.74. The van der Waals surface area contributed by atoms with Crippen LogP contribution in [-0.4, -0.2) is 24.0 Å². The van der Waals surface area contributed by atoms with Crippen LogP contribution in [0.3, 0.4) is 0 Å².